The second kappa shape index (κ2) is 9.88. The lowest BCUT2D eigenvalue weighted by Crippen LogP contribution is -2.48. The average molecular weight is 425 g/mol. The molecule has 2 aromatic rings. The number of carbonyl (C=O) groups is 2. The van der Waals surface area contributed by atoms with Crippen LogP contribution in [0.5, 0.6) is 0 Å². The lowest BCUT2D eigenvalue weighted by molar-refractivity contribution is -0.140. The van der Waals surface area contributed by atoms with Crippen molar-refractivity contribution < 1.29 is 27.9 Å². The van der Waals surface area contributed by atoms with Crippen molar-refractivity contribution in [2.24, 2.45) is 5.92 Å². The number of alkyl halides is 3. The van der Waals surface area contributed by atoms with Crippen molar-refractivity contribution in [3.8, 4) is 0 Å². The molecule has 0 aliphatic carbocycles. The third kappa shape index (κ3) is 6.98. The van der Waals surface area contributed by atoms with E-state index in [9.17, 15) is 27.9 Å². The molecule has 0 saturated heterocycles. The third-order valence-electron chi connectivity index (χ3n) is 4.64. The molecule has 2 N–H and O–H groups in total. The topological polar surface area (TPSA) is 84.2 Å². The summed E-state index contributed by atoms with van der Waals surface area (Å²) in [6.07, 6.45) is -0.617. The molecule has 30 heavy (non-hydrogen) atoms. The lowest BCUT2D eigenvalue weighted by atomic mass is 9.99. The van der Waals surface area contributed by atoms with Crippen LogP contribution in [0, 0.1) is 5.92 Å². The fourth-order valence-corrected chi connectivity index (χ4v) is 3.10. The predicted octanol–water partition coefficient (Wildman–Crippen LogP) is 3.54. The second-order valence-corrected chi connectivity index (χ2v) is 7.79. The molecular formula is C21H26F3N3O3. The van der Waals surface area contributed by atoms with Crippen LogP contribution in [-0.4, -0.2) is 38.5 Å². The Hall–Kier alpha value is -2.68. The van der Waals surface area contributed by atoms with Gasteiger partial charge in [0.05, 0.1) is 23.6 Å². The quantitative estimate of drug-likeness (QED) is 0.608. The average Bonchev–Trinajstić information content (AvgIpc) is 3.06. The van der Waals surface area contributed by atoms with E-state index in [1.165, 1.54) is 25.4 Å². The van der Waals surface area contributed by atoms with Gasteiger partial charge in [0.1, 0.15) is 11.8 Å². The van der Waals surface area contributed by atoms with Crippen molar-refractivity contribution in [3.05, 3.63) is 53.6 Å². The first-order chi connectivity index (χ1) is 14.0. The monoisotopic (exact) mass is 425 g/mol. The van der Waals surface area contributed by atoms with Crippen LogP contribution in [0.2, 0.25) is 0 Å². The molecule has 2 rings (SSSR count). The summed E-state index contributed by atoms with van der Waals surface area (Å²) in [6, 6.07) is 3.30. The highest BCUT2D eigenvalue weighted by Crippen LogP contribution is 2.29. The van der Waals surface area contributed by atoms with Crippen LogP contribution in [0.4, 0.5) is 13.2 Å². The highest BCUT2D eigenvalue weighted by atomic mass is 19.4. The maximum absolute atomic E-state index is 12.7. The maximum Gasteiger partial charge on any atom is 0.416 e. The Kier molecular flexibility index (Phi) is 7.77. The molecule has 9 heteroatoms. The Morgan fingerprint density at radius 1 is 1.17 bits per heavy atom. The highest BCUT2D eigenvalue weighted by Gasteiger charge is 2.30. The van der Waals surface area contributed by atoms with E-state index in [0.29, 0.717) is 24.2 Å². The van der Waals surface area contributed by atoms with Gasteiger partial charge in [-0.2, -0.15) is 13.2 Å². The van der Waals surface area contributed by atoms with E-state index in [4.69, 9.17) is 0 Å². The molecule has 0 fully saturated rings. The number of ketones is 1. The molecule has 0 amide bonds. The summed E-state index contributed by atoms with van der Waals surface area (Å²) < 4.78 is 39.6. The van der Waals surface area contributed by atoms with Crippen LogP contribution in [0.3, 0.4) is 0 Å². The molecule has 0 spiro atoms. The lowest BCUT2D eigenvalue weighted by Gasteiger charge is -2.22. The number of halogens is 3. The number of hydrogen-bond donors (Lipinski definition) is 2. The molecule has 6 nitrogen and oxygen atoms in total. The molecule has 1 aromatic carbocycles. The minimum atomic E-state index is -4.38. The Labute approximate surface area is 173 Å². The van der Waals surface area contributed by atoms with Crippen molar-refractivity contribution >= 4 is 11.8 Å². The summed E-state index contributed by atoms with van der Waals surface area (Å²) in [5.74, 6) is -0.978. The molecule has 0 radical (unpaired) electrons. The largest absolute Gasteiger partial charge is 0.480 e. The van der Waals surface area contributed by atoms with Gasteiger partial charge in [-0.3, -0.25) is 14.9 Å². The fourth-order valence-electron chi connectivity index (χ4n) is 3.10. The Morgan fingerprint density at radius 3 is 2.30 bits per heavy atom. The summed E-state index contributed by atoms with van der Waals surface area (Å²) in [5.41, 5.74) is 0.455. The van der Waals surface area contributed by atoms with Gasteiger partial charge in [-0.25, -0.2) is 4.98 Å². The van der Waals surface area contributed by atoms with E-state index in [0.717, 1.165) is 12.1 Å². The van der Waals surface area contributed by atoms with Gasteiger partial charge < -0.3 is 9.67 Å². The number of aliphatic carboxylic acids is 1. The second-order valence-electron chi connectivity index (χ2n) is 7.79. The molecule has 1 aromatic heterocycles. The summed E-state index contributed by atoms with van der Waals surface area (Å²) in [5, 5.41) is 12.4. The number of nitrogens with one attached hydrogen (secondary N) is 1. The molecule has 1 heterocycles. The van der Waals surface area contributed by atoms with Gasteiger partial charge in [-0.05, 0) is 37.0 Å². The van der Waals surface area contributed by atoms with Crippen molar-refractivity contribution in [1.82, 2.24) is 14.9 Å². The summed E-state index contributed by atoms with van der Waals surface area (Å²) in [4.78, 5) is 27.7. The number of imidazole rings is 1. The van der Waals surface area contributed by atoms with E-state index in [-0.39, 0.29) is 18.1 Å². The summed E-state index contributed by atoms with van der Waals surface area (Å²) in [6.45, 7) is 5.64. The molecule has 0 bridgehead atoms. The van der Waals surface area contributed by atoms with E-state index in [1.54, 1.807) is 10.8 Å². The molecule has 2 atom stereocenters. The van der Waals surface area contributed by atoms with Crippen LogP contribution < -0.4 is 5.32 Å². The maximum atomic E-state index is 12.7. The van der Waals surface area contributed by atoms with Gasteiger partial charge in [0, 0.05) is 19.2 Å². The number of carboxylic acids is 1. The smallest absolute Gasteiger partial charge is 0.416 e. The van der Waals surface area contributed by atoms with E-state index < -0.39 is 29.8 Å². The summed E-state index contributed by atoms with van der Waals surface area (Å²) >= 11 is 0. The molecule has 1 unspecified atom stereocenters. The zero-order chi connectivity index (χ0) is 22.5. The van der Waals surface area contributed by atoms with E-state index >= 15 is 0 Å². The number of nitrogens with zero attached hydrogens (tertiary/aromatic N) is 2. The summed E-state index contributed by atoms with van der Waals surface area (Å²) in [7, 11) is 0. The molecule has 0 aliphatic rings. The van der Waals surface area contributed by atoms with Crippen LogP contribution in [0.1, 0.15) is 44.0 Å². The standard InChI is InChI=1S/C21H26F3N3O3/c1-13(2)8-18(14(3)28)26-19(20(29)30)9-17-11-27(12-25-17)10-15-4-6-16(7-5-15)21(22,23)24/h4-7,11-13,18-19,26H,8-10H2,1-3H3,(H,29,30)/t18?,19-/m0/s1. The zero-order valence-corrected chi connectivity index (χ0v) is 17.1. The molecule has 0 saturated carbocycles. The zero-order valence-electron chi connectivity index (χ0n) is 17.1. The van der Waals surface area contributed by atoms with Gasteiger partial charge in [-0.1, -0.05) is 26.0 Å². The highest BCUT2D eigenvalue weighted by molar-refractivity contribution is 5.82. The predicted molar refractivity (Wildman–Crippen MR) is 105 cm³/mol. The Bertz CT molecular complexity index is 860. The number of hydrogen-bond acceptors (Lipinski definition) is 4. The van der Waals surface area contributed by atoms with Crippen LogP contribution >= 0.6 is 0 Å². The van der Waals surface area contributed by atoms with Crippen molar-refractivity contribution in [1.29, 1.82) is 0 Å². The number of Topliss-reactive ketones (excluding diaryl/α,β-unsaturated/α-hetero) is 1. The SMILES string of the molecule is CC(=O)C(CC(C)C)N[C@@H](Cc1cn(Cc2ccc(C(F)(F)F)cc2)cn1)C(=O)O. The molecule has 0 aliphatic heterocycles. The van der Waals surface area contributed by atoms with Crippen LogP contribution in [0.25, 0.3) is 0 Å². The Morgan fingerprint density at radius 2 is 1.80 bits per heavy atom. The van der Waals surface area contributed by atoms with Gasteiger partial charge in [0.2, 0.25) is 0 Å². The number of carbonyl (C=O) groups excluding carboxylic acids is 1. The van der Waals surface area contributed by atoms with E-state index in [1.807, 2.05) is 13.8 Å². The van der Waals surface area contributed by atoms with Crippen LogP contribution in [0.15, 0.2) is 36.8 Å². The minimum absolute atomic E-state index is 0.0806. The van der Waals surface area contributed by atoms with Gasteiger partial charge in [-0.15, -0.1) is 0 Å². The minimum Gasteiger partial charge on any atom is -0.480 e. The first kappa shape index (κ1) is 23.6. The normalized spacial score (nSPS) is 14.0. The number of carboxylic acid groups (broad SMARTS) is 1. The number of aromatic nitrogens is 2. The van der Waals surface area contributed by atoms with Gasteiger partial charge in [0.15, 0.2) is 0 Å². The van der Waals surface area contributed by atoms with Crippen molar-refractivity contribution in [2.75, 3.05) is 0 Å². The first-order valence-corrected chi connectivity index (χ1v) is 9.61. The van der Waals surface area contributed by atoms with Crippen LogP contribution in [-0.2, 0) is 28.7 Å². The number of rotatable bonds is 10. The Balaban J connectivity index is 2.04. The van der Waals surface area contributed by atoms with Crippen molar-refractivity contribution in [2.45, 2.75) is 58.4 Å². The van der Waals surface area contributed by atoms with E-state index in [2.05, 4.69) is 10.3 Å². The first-order valence-electron chi connectivity index (χ1n) is 9.61. The van der Waals surface area contributed by atoms with Gasteiger partial charge in [0.25, 0.3) is 0 Å². The molecular weight excluding hydrogens is 399 g/mol. The molecule has 164 valence electrons. The fraction of sp³-hybridized carbons (Fsp3) is 0.476. The number of benzene rings is 1. The van der Waals surface area contributed by atoms with Crippen molar-refractivity contribution in [3.63, 3.8) is 0 Å². The third-order valence-corrected chi connectivity index (χ3v) is 4.64. The van der Waals surface area contributed by atoms with Gasteiger partial charge >= 0.3 is 12.1 Å².